The average molecular weight is 546 g/mol. The molecule has 0 saturated carbocycles. The molecule has 0 radical (unpaired) electrons. The molecule has 194 valence electrons. The molecule has 2 aromatic carbocycles. The van der Waals surface area contributed by atoms with Gasteiger partial charge in [0.1, 0.15) is 5.82 Å². The van der Waals surface area contributed by atoms with Crippen molar-refractivity contribution in [1.82, 2.24) is 20.1 Å². The van der Waals surface area contributed by atoms with Crippen LogP contribution in [0.4, 0.5) is 10.1 Å². The largest absolute Gasteiger partial charge is 0.493 e. The molecule has 12 heteroatoms. The second-order valence-corrected chi connectivity index (χ2v) is 8.78. The van der Waals surface area contributed by atoms with Crippen LogP contribution in [0, 0.1) is 5.82 Å². The highest BCUT2D eigenvalue weighted by molar-refractivity contribution is 7.99. The van der Waals surface area contributed by atoms with Gasteiger partial charge in [-0.15, -0.1) is 16.8 Å². The Morgan fingerprint density at radius 1 is 1.16 bits per heavy atom. The summed E-state index contributed by atoms with van der Waals surface area (Å²) in [6.45, 7) is 4.25. The summed E-state index contributed by atoms with van der Waals surface area (Å²) in [4.78, 5) is 24.7. The van der Waals surface area contributed by atoms with Crippen LogP contribution in [-0.4, -0.2) is 46.6 Å². The van der Waals surface area contributed by atoms with Crippen molar-refractivity contribution in [3.8, 4) is 11.5 Å². The van der Waals surface area contributed by atoms with E-state index in [1.165, 1.54) is 31.4 Å². The van der Waals surface area contributed by atoms with Gasteiger partial charge in [0.15, 0.2) is 22.5 Å². The molecule has 0 bridgehead atoms. The van der Waals surface area contributed by atoms with Crippen LogP contribution < -0.4 is 20.1 Å². The first-order valence-corrected chi connectivity index (χ1v) is 12.3. The number of carbonyl (C=O) groups excluding carboxylic acids is 2. The van der Waals surface area contributed by atoms with Gasteiger partial charge in [-0.25, -0.2) is 4.39 Å². The third-order valence-corrected chi connectivity index (χ3v) is 6.15. The van der Waals surface area contributed by atoms with E-state index in [0.29, 0.717) is 34.7 Å². The maximum atomic E-state index is 13.3. The highest BCUT2D eigenvalue weighted by Crippen LogP contribution is 2.28. The Labute approximate surface area is 222 Å². The molecule has 37 heavy (non-hydrogen) atoms. The molecule has 1 heterocycles. The SMILES string of the molecule is C=CCn1c(CNC(=O)/C=C/c2ccc(OC)c(OC)c2)nnc1SCC(=O)Nc1ccc(F)c(Cl)c1. The summed E-state index contributed by atoms with van der Waals surface area (Å²) in [6, 6.07) is 9.24. The second kappa shape index (κ2) is 13.5. The number of thioether (sulfide) groups is 1. The molecule has 0 spiro atoms. The Kier molecular flexibility index (Phi) is 10.1. The van der Waals surface area contributed by atoms with Gasteiger partial charge in [-0.3, -0.25) is 9.59 Å². The van der Waals surface area contributed by atoms with Gasteiger partial charge >= 0.3 is 0 Å². The predicted molar refractivity (Wildman–Crippen MR) is 141 cm³/mol. The van der Waals surface area contributed by atoms with Crippen molar-refractivity contribution in [1.29, 1.82) is 0 Å². The van der Waals surface area contributed by atoms with E-state index in [-0.39, 0.29) is 29.1 Å². The normalized spacial score (nSPS) is 10.8. The minimum Gasteiger partial charge on any atom is -0.493 e. The molecule has 3 rings (SSSR count). The van der Waals surface area contributed by atoms with Gasteiger partial charge < -0.3 is 24.7 Å². The Bertz CT molecular complexity index is 1310. The molecule has 1 aromatic heterocycles. The number of allylic oxidation sites excluding steroid dienone is 1. The lowest BCUT2D eigenvalue weighted by atomic mass is 10.2. The Hall–Kier alpha value is -3.83. The van der Waals surface area contributed by atoms with E-state index in [2.05, 4.69) is 27.4 Å². The van der Waals surface area contributed by atoms with E-state index >= 15 is 0 Å². The highest BCUT2D eigenvalue weighted by Gasteiger charge is 2.14. The summed E-state index contributed by atoms with van der Waals surface area (Å²) in [5, 5.41) is 14.1. The number of hydrogen-bond donors (Lipinski definition) is 2. The Morgan fingerprint density at radius 2 is 1.95 bits per heavy atom. The lowest BCUT2D eigenvalue weighted by Crippen LogP contribution is -2.23. The smallest absolute Gasteiger partial charge is 0.244 e. The number of carbonyl (C=O) groups is 2. The first kappa shape index (κ1) is 27.8. The quantitative estimate of drug-likeness (QED) is 0.198. The van der Waals surface area contributed by atoms with Gasteiger partial charge in [0.05, 0.1) is 31.5 Å². The number of ether oxygens (including phenoxy) is 2. The summed E-state index contributed by atoms with van der Waals surface area (Å²) in [5.41, 5.74) is 1.15. The zero-order valence-corrected chi connectivity index (χ0v) is 21.7. The van der Waals surface area contributed by atoms with E-state index in [4.69, 9.17) is 21.1 Å². The third kappa shape index (κ3) is 7.83. The molecule has 0 unspecified atom stereocenters. The van der Waals surface area contributed by atoms with Crippen LogP contribution in [-0.2, 0) is 22.7 Å². The minimum atomic E-state index is -0.567. The molecular weight excluding hydrogens is 521 g/mol. The van der Waals surface area contributed by atoms with Crippen LogP contribution in [0.2, 0.25) is 5.02 Å². The van der Waals surface area contributed by atoms with E-state index in [9.17, 15) is 14.0 Å². The van der Waals surface area contributed by atoms with Gasteiger partial charge in [0.2, 0.25) is 11.8 Å². The lowest BCUT2D eigenvalue weighted by Gasteiger charge is -2.09. The van der Waals surface area contributed by atoms with Crippen LogP contribution in [0.1, 0.15) is 11.4 Å². The molecule has 0 atom stereocenters. The van der Waals surface area contributed by atoms with Gasteiger partial charge in [-0.05, 0) is 42.0 Å². The lowest BCUT2D eigenvalue weighted by molar-refractivity contribution is -0.116. The molecule has 9 nitrogen and oxygen atoms in total. The molecular formula is C25H25ClFN5O4S. The summed E-state index contributed by atoms with van der Waals surface area (Å²) in [7, 11) is 3.09. The molecule has 2 amide bonds. The van der Waals surface area contributed by atoms with E-state index in [0.717, 1.165) is 17.3 Å². The van der Waals surface area contributed by atoms with Gasteiger partial charge in [-0.2, -0.15) is 0 Å². The van der Waals surface area contributed by atoms with Crippen LogP contribution >= 0.6 is 23.4 Å². The second-order valence-electron chi connectivity index (χ2n) is 7.43. The van der Waals surface area contributed by atoms with Crippen LogP contribution in [0.5, 0.6) is 11.5 Å². The van der Waals surface area contributed by atoms with Crippen molar-refractivity contribution in [2.45, 2.75) is 18.2 Å². The number of halogens is 2. The van der Waals surface area contributed by atoms with Gasteiger partial charge in [0.25, 0.3) is 0 Å². The van der Waals surface area contributed by atoms with Crippen molar-refractivity contribution in [3.05, 3.63) is 77.4 Å². The summed E-state index contributed by atoms with van der Waals surface area (Å²) >= 11 is 6.91. The number of hydrogen-bond acceptors (Lipinski definition) is 7. The first-order chi connectivity index (χ1) is 17.8. The molecule has 3 aromatic rings. The number of amides is 2. The number of benzene rings is 2. The fraction of sp³-hybridized carbons (Fsp3) is 0.200. The average Bonchev–Trinajstić information content (AvgIpc) is 3.28. The van der Waals surface area contributed by atoms with Gasteiger partial charge in [-0.1, -0.05) is 35.5 Å². The summed E-state index contributed by atoms with van der Waals surface area (Å²) in [5.74, 6) is 0.471. The fourth-order valence-corrected chi connectivity index (χ4v) is 4.07. The molecule has 0 aliphatic heterocycles. The Morgan fingerprint density at radius 3 is 2.65 bits per heavy atom. The molecule has 0 aliphatic rings. The van der Waals surface area contributed by atoms with Crippen LogP contribution in [0.3, 0.4) is 0 Å². The van der Waals surface area contributed by atoms with Crippen LogP contribution in [0.25, 0.3) is 6.08 Å². The Balaban J connectivity index is 1.57. The van der Waals surface area contributed by atoms with Gasteiger partial charge in [0, 0.05) is 18.3 Å². The predicted octanol–water partition coefficient (Wildman–Crippen LogP) is 4.33. The number of methoxy groups -OCH3 is 2. The van der Waals surface area contributed by atoms with E-state index in [1.54, 1.807) is 42.0 Å². The van der Waals surface area contributed by atoms with E-state index < -0.39 is 5.82 Å². The maximum Gasteiger partial charge on any atom is 0.244 e. The minimum absolute atomic E-state index is 0.0324. The zero-order valence-electron chi connectivity index (χ0n) is 20.2. The number of rotatable bonds is 12. The molecule has 2 N–H and O–H groups in total. The molecule has 0 saturated heterocycles. The molecule has 0 fully saturated rings. The topological polar surface area (TPSA) is 107 Å². The van der Waals surface area contributed by atoms with E-state index in [1.807, 2.05) is 0 Å². The summed E-state index contributed by atoms with van der Waals surface area (Å²) < 4.78 is 25.5. The van der Waals surface area contributed by atoms with Crippen molar-refractivity contribution < 1.29 is 23.5 Å². The number of nitrogens with zero attached hydrogens (tertiary/aromatic N) is 3. The summed E-state index contributed by atoms with van der Waals surface area (Å²) in [6.07, 6.45) is 4.72. The van der Waals surface area contributed by atoms with Crippen molar-refractivity contribution >= 4 is 46.9 Å². The monoisotopic (exact) mass is 545 g/mol. The fourth-order valence-electron chi connectivity index (χ4n) is 3.12. The van der Waals surface area contributed by atoms with Crippen molar-refractivity contribution in [3.63, 3.8) is 0 Å². The molecule has 0 aliphatic carbocycles. The van der Waals surface area contributed by atoms with Crippen molar-refractivity contribution in [2.75, 3.05) is 25.3 Å². The first-order valence-electron chi connectivity index (χ1n) is 10.9. The van der Waals surface area contributed by atoms with Crippen molar-refractivity contribution in [2.24, 2.45) is 0 Å². The highest BCUT2D eigenvalue weighted by atomic mass is 35.5. The maximum absolute atomic E-state index is 13.3. The number of anilines is 1. The zero-order chi connectivity index (χ0) is 26.8. The number of aromatic nitrogens is 3. The standard InChI is InChI=1S/C25H25ClFN5O4S/c1-4-11-32-22(14-28-23(33)10-6-16-5-9-20(35-2)21(12-16)36-3)30-31-25(32)37-15-24(34)29-17-7-8-19(27)18(26)13-17/h4-10,12-13H,1,11,14-15H2,2-3H3,(H,28,33)(H,29,34)/b10-6+. The van der Waals surface area contributed by atoms with Crippen LogP contribution in [0.15, 0.2) is 60.3 Å². The third-order valence-electron chi connectivity index (χ3n) is 4.90. The number of nitrogens with one attached hydrogen (secondary N) is 2.